The van der Waals surface area contributed by atoms with Crippen molar-refractivity contribution in [2.45, 2.75) is 6.92 Å². The molecule has 0 radical (unpaired) electrons. The Morgan fingerprint density at radius 2 is 2.18 bits per heavy atom. The monoisotopic (exact) mass is 223 g/mol. The van der Waals surface area contributed by atoms with Gasteiger partial charge in [-0.15, -0.1) is 0 Å². The molecule has 0 rings (SSSR count). The van der Waals surface area contributed by atoms with Gasteiger partial charge in [0.15, 0.2) is 0 Å². The van der Waals surface area contributed by atoms with E-state index < -0.39 is 0 Å². The number of halogens is 1. The van der Waals surface area contributed by atoms with Crippen LogP contribution in [0.4, 0.5) is 0 Å². The topological polar surface area (TPSA) is 55.4 Å². The highest BCUT2D eigenvalue weighted by Gasteiger charge is 1.96. The zero-order valence-electron chi connectivity index (χ0n) is 6.22. The lowest BCUT2D eigenvalue weighted by Crippen LogP contribution is -2.28. The summed E-state index contributed by atoms with van der Waals surface area (Å²) in [7, 11) is 0. The number of hydrogen-bond acceptors (Lipinski definition) is 3. The van der Waals surface area contributed by atoms with E-state index in [0.717, 1.165) is 0 Å². The Kier molecular flexibility index (Phi) is 5.83. The summed E-state index contributed by atoms with van der Waals surface area (Å²) in [5.41, 5.74) is 0. The summed E-state index contributed by atoms with van der Waals surface area (Å²) >= 11 is 2.98. The number of alkyl halides is 1. The van der Waals surface area contributed by atoms with Gasteiger partial charge in [0.25, 0.3) is 0 Å². The van der Waals surface area contributed by atoms with E-state index in [1.165, 1.54) is 6.92 Å². The summed E-state index contributed by atoms with van der Waals surface area (Å²) in [6.45, 7) is 1.92. The molecule has 0 aliphatic rings. The van der Waals surface area contributed by atoms with Gasteiger partial charge in [-0.2, -0.15) is 0 Å². The van der Waals surface area contributed by atoms with Gasteiger partial charge in [-0.25, -0.2) is 0 Å². The average Bonchev–Trinajstić information content (AvgIpc) is 1.97. The first-order valence-electron chi connectivity index (χ1n) is 3.13. The van der Waals surface area contributed by atoms with Crippen LogP contribution in [0.25, 0.3) is 0 Å². The van der Waals surface area contributed by atoms with E-state index >= 15 is 0 Å². The van der Waals surface area contributed by atoms with Crippen LogP contribution in [-0.4, -0.2) is 30.4 Å². The standard InChI is InChI=1S/C6H10BrNO3/c1-5(9)11-3-2-8-6(10)4-7/h2-4H2,1H3,(H,8,10). The van der Waals surface area contributed by atoms with Crippen LogP contribution in [0.5, 0.6) is 0 Å². The highest BCUT2D eigenvalue weighted by atomic mass is 79.9. The molecule has 0 fully saturated rings. The Hall–Kier alpha value is -0.580. The number of esters is 1. The van der Waals surface area contributed by atoms with Crippen LogP contribution in [0, 0.1) is 0 Å². The van der Waals surface area contributed by atoms with Crippen molar-refractivity contribution >= 4 is 27.8 Å². The second-order valence-corrected chi connectivity index (χ2v) is 2.38. The van der Waals surface area contributed by atoms with Crippen molar-refractivity contribution in [3.05, 3.63) is 0 Å². The van der Waals surface area contributed by atoms with Crippen molar-refractivity contribution in [1.82, 2.24) is 5.32 Å². The lowest BCUT2D eigenvalue weighted by Gasteiger charge is -2.02. The third-order valence-corrected chi connectivity index (χ3v) is 1.36. The molecule has 5 heteroatoms. The summed E-state index contributed by atoms with van der Waals surface area (Å²) in [6.07, 6.45) is 0. The largest absolute Gasteiger partial charge is 0.464 e. The molecule has 0 aliphatic carbocycles. The van der Waals surface area contributed by atoms with Gasteiger partial charge in [-0.05, 0) is 0 Å². The number of nitrogens with one attached hydrogen (secondary N) is 1. The predicted molar refractivity (Wildman–Crippen MR) is 43.4 cm³/mol. The molecule has 0 aromatic carbocycles. The third kappa shape index (κ3) is 7.32. The van der Waals surface area contributed by atoms with E-state index in [2.05, 4.69) is 26.0 Å². The Morgan fingerprint density at radius 1 is 1.55 bits per heavy atom. The lowest BCUT2D eigenvalue weighted by molar-refractivity contribution is -0.141. The molecule has 0 aliphatic heterocycles. The molecular weight excluding hydrogens is 214 g/mol. The van der Waals surface area contributed by atoms with Crippen molar-refractivity contribution in [1.29, 1.82) is 0 Å². The van der Waals surface area contributed by atoms with E-state index in [0.29, 0.717) is 6.54 Å². The van der Waals surface area contributed by atoms with E-state index in [1.54, 1.807) is 0 Å². The number of carbonyl (C=O) groups excluding carboxylic acids is 2. The average molecular weight is 224 g/mol. The minimum Gasteiger partial charge on any atom is -0.464 e. The summed E-state index contributed by atoms with van der Waals surface area (Å²) in [5.74, 6) is -0.449. The fourth-order valence-electron chi connectivity index (χ4n) is 0.432. The number of hydrogen-bond donors (Lipinski definition) is 1. The minimum atomic E-state index is -0.335. The lowest BCUT2D eigenvalue weighted by atomic mass is 10.6. The summed E-state index contributed by atoms with van der Waals surface area (Å²) in [4.78, 5) is 20.8. The van der Waals surface area contributed by atoms with Crippen molar-refractivity contribution in [2.75, 3.05) is 18.5 Å². The quantitative estimate of drug-likeness (QED) is 0.417. The maximum atomic E-state index is 10.6. The van der Waals surface area contributed by atoms with Crippen LogP contribution in [0.3, 0.4) is 0 Å². The molecule has 1 amide bonds. The van der Waals surface area contributed by atoms with Crippen LogP contribution in [0.2, 0.25) is 0 Å². The first-order valence-corrected chi connectivity index (χ1v) is 4.25. The van der Waals surface area contributed by atoms with Gasteiger partial charge in [0.05, 0.1) is 11.9 Å². The molecule has 0 heterocycles. The molecule has 0 bridgehead atoms. The molecule has 11 heavy (non-hydrogen) atoms. The SMILES string of the molecule is CC(=O)OCCNC(=O)CBr. The van der Waals surface area contributed by atoms with Gasteiger partial charge in [-0.3, -0.25) is 9.59 Å². The molecule has 0 spiro atoms. The normalized spacial score (nSPS) is 8.91. The van der Waals surface area contributed by atoms with Crippen molar-refractivity contribution < 1.29 is 14.3 Å². The fourth-order valence-corrected chi connectivity index (χ4v) is 0.631. The van der Waals surface area contributed by atoms with Crippen LogP contribution in [0.1, 0.15) is 6.92 Å². The summed E-state index contributed by atoms with van der Waals surface area (Å²) in [6, 6.07) is 0. The maximum Gasteiger partial charge on any atom is 0.302 e. The molecule has 0 aromatic rings. The highest BCUT2D eigenvalue weighted by molar-refractivity contribution is 9.09. The zero-order valence-corrected chi connectivity index (χ0v) is 7.81. The van der Waals surface area contributed by atoms with Gasteiger partial charge in [0.1, 0.15) is 6.61 Å². The number of ether oxygens (including phenoxy) is 1. The van der Waals surface area contributed by atoms with Gasteiger partial charge in [-0.1, -0.05) is 15.9 Å². The molecule has 1 N–H and O–H groups in total. The van der Waals surface area contributed by atoms with Crippen LogP contribution >= 0.6 is 15.9 Å². The zero-order chi connectivity index (χ0) is 8.69. The fraction of sp³-hybridized carbons (Fsp3) is 0.667. The van der Waals surface area contributed by atoms with Gasteiger partial charge in [0.2, 0.25) is 5.91 Å². The van der Waals surface area contributed by atoms with Crippen molar-refractivity contribution in [2.24, 2.45) is 0 Å². The Labute approximate surface area is 73.4 Å². The molecular formula is C6H10BrNO3. The van der Waals surface area contributed by atoms with E-state index in [4.69, 9.17) is 0 Å². The third-order valence-electron chi connectivity index (χ3n) is 0.851. The molecule has 64 valence electrons. The molecule has 0 unspecified atom stereocenters. The van der Waals surface area contributed by atoms with Gasteiger partial charge >= 0.3 is 5.97 Å². The van der Waals surface area contributed by atoms with E-state index in [9.17, 15) is 9.59 Å². The van der Waals surface area contributed by atoms with Crippen LogP contribution in [-0.2, 0) is 14.3 Å². The van der Waals surface area contributed by atoms with E-state index in [-0.39, 0.29) is 23.8 Å². The molecule has 0 saturated heterocycles. The number of amides is 1. The van der Waals surface area contributed by atoms with Crippen LogP contribution in [0.15, 0.2) is 0 Å². The van der Waals surface area contributed by atoms with Gasteiger partial charge in [0, 0.05) is 6.92 Å². The molecule has 0 aromatic heterocycles. The highest BCUT2D eigenvalue weighted by Crippen LogP contribution is 1.78. The summed E-state index contributed by atoms with van der Waals surface area (Å²) < 4.78 is 4.57. The molecule has 0 saturated carbocycles. The van der Waals surface area contributed by atoms with Gasteiger partial charge < -0.3 is 10.1 Å². The van der Waals surface area contributed by atoms with Crippen molar-refractivity contribution in [3.8, 4) is 0 Å². The Bertz CT molecular complexity index is 149. The minimum absolute atomic E-state index is 0.114. The maximum absolute atomic E-state index is 10.6. The molecule has 0 atom stereocenters. The number of rotatable bonds is 4. The Morgan fingerprint density at radius 3 is 2.64 bits per heavy atom. The first kappa shape index (κ1) is 10.4. The van der Waals surface area contributed by atoms with Crippen LogP contribution < -0.4 is 5.32 Å². The van der Waals surface area contributed by atoms with Crippen molar-refractivity contribution in [3.63, 3.8) is 0 Å². The summed E-state index contributed by atoms with van der Waals surface area (Å²) in [5, 5.41) is 2.80. The van der Waals surface area contributed by atoms with E-state index in [1.807, 2.05) is 0 Å². The predicted octanol–water partition coefficient (Wildman–Crippen LogP) is 0.0606. The smallest absolute Gasteiger partial charge is 0.302 e. The Balaban J connectivity index is 3.14. The first-order chi connectivity index (χ1) is 5.16. The number of carbonyl (C=O) groups is 2. The second-order valence-electron chi connectivity index (χ2n) is 1.82. The molecule has 4 nitrogen and oxygen atoms in total. The second kappa shape index (κ2) is 6.15.